The molecule has 1 aromatic heterocycles. The maximum Gasteiger partial charge on any atom is 0.124 e. The zero-order valence-corrected chi connectivity index (χ0v) is 16.2. The van der Waals surface area contributed by atoms with Gasteiger partial charge in [0.05, 0.1) is 10.2 Å². The Morgan fingerprint density at radius 2 is 1.84 bits per heavy atom. The molecule has 0 spiro atoms. The molecule has 0 fully saturated rings. The van der Waals surface area contributed by atoms with E-state index in [1.165, 1.54) is 15.8 Å². The van der Waals surface area contributed by atoms with Crippen molar-refractivity contribution in [3.8, 4) is 10.6 Å². The molecule has 1 heterocycles. The second-order valence-electron chi connectivity index (χ2n) is 6.05. The van der Waals surface area contributed by atoms with Gasteiger partial charge in [0.1, 0.15) is 5.01 Å². The first-order valence-corrected chi connectivity index (χ1v) is 9.74. The third kappa shape index (κ3) is 3.75. The standard InChI is InChI=1S/C21H17BrN2S/c1-14-5-10-19-20(11-14)25-21(24-19)16-6-8-18(9-7-16)23-13-15-3-2-4-17(22)12-15/h2-12,23H,13H2,1H3. The van der Waals surface area contributed by atoms with Crippen LogP contribution in [0.1, 0.15) is 11.1 Å². The van der Waals surface area contributed by atoms with Gasteiger partial charge in [0.25, 0.3) is 0 Å². The van der Waals surface area contributed by atoms with E-state index >= 15 is 0 Å². The van der Waals surface area contributed by atoms with Crippen LogP contribution in [0.5, 0.6) is 0 Å². The molecule has 0 bridgehead atoms. The van der Waals surface area contributed by atoms with Crippen LogP contribution in [-0.2, 0) is 6.54 Å². The van der Waals surface area contributed by atoms with Gasteiger partial charge in [0.15, 0.2) is 0 Å². The van der Waals surface area contributed by atoms with E-state index in [4.69, 9.17) is 4.98 Å². The van der Waals surface area contributed by atoms with Crippen molar-refractivity contribution in [2.45, 2.75) is 13.5 Å². The van der Waals surface area contributed by atoms with Crippen molar-refractivity contribution in [1.82, 2.24) is 4.98 Å². The van der Waals surface area contributed by atoms with Crippen molar-refractivity contribution < 1.29 is 0 Å². The van der Waals surface area contributed by atoms with Crippen molar-refractivity contribution >= 4 is 43.2 Å². The summed E-state index contributed by atoms with van der Waals surface area (Å²) in [6, 6.07) is 23.2. The zero-order chi connectivity index (χ0) is 17.2. The predicted molar refractivity (Wildman–Crippen MR) is 111 cm³/mol. The van der Waals surface area contributed by atoms with Crippen LogP contribution in [0.3, 0.4) is 0 Å². The van der Waals surface area contributed by atoms with Gasteiger partial charge < -0.3 is 5.32 Å². The van der Waals surface area contributed by atoms with Crippen LogP contribution in [0.2, 0.25) is 0 Å². The smallest absolute Gasteiger partial charge is 0.124 e. The summed E-state index contributed by atoms with van der Waals surface area (Å²) in [4.78, 5) is 4.75. The number of fused-ring (bicyclic) bond motifs is 1. The Morgan fingerprint density at radius 1 is 1.00 bits per heavy atom. The van der Waals surface area contributed by atoms with Gasteiger partial charge in [-0.25, -0.2) is 4.98 Å². The Hall–Kier alpha value is -2.17. The molecule has 0 atom stereocenters. The van der Waals surface area contributed by atoms with E-state index in [0.717, 1.165) is 32.8 Å². The molecule has 0 saturated carbocycles. The van der Waals surface area contributed by atoms with Crippen LogP contribution in [-0.4, -0.2) is 4.98 Å². The molecule has 0 aliphatic heterocycles. The highest BCUT2D eigenvalue weighted by atomic mass is 79.9. The van der Waals surface area contributed by atoms with E-state index in [0.29, 0.717) is 0 Å². The van der Waals surface area contributed by atoms with Crippen LogP contribution in [0.15, 0.2) is 71.2 Å². The van der Waals surface area contributed by atoms with E-state index in [2.05, 4.69) is 88.8 Å². The number of anilines is 1. The number of benzene rings is 3. The summed E-state index contributed by atoms with van der Waals surface area (Å²) >= 11 is 5.25. The lowest BCUT2D eigenvalue weighted by molar-refractivity contribution is 1.15. The number of aryl methyl sites for hydroxylation is 1. The quantitative estimate of drug-likeness (QED) is 0.408. The topological polar surface area (TPSA) is 24.9 Å². The second kappa shape index (κ2) is 6.98. The van der Waals surface area contributed by atoms with Crippen LogP contribution >= 0.6 is 27.3 Å². The summed E-state index contributed by atoms with van der Waals surface area (Å²) in [6.07, 6.45) is 0. The van der Waals surface area contributed by atoms with E-state index in [1.807, 2.05) is 6.07 Å². The van der Waals surface area contributed by atoms with Crippen LogP contribution in [0, 0.1) is 6.92 Å². The van der Waals surface area contributed by atoms with Gasteiger partial charge in [0, 0.05) is 22.3 Å². The van der Waals surface area contributed by atoms with Crippen molar-refractivity contribution in [3.63, 3.8) is 0 Å². The fourth-order valence-corrected chi connectivity index (χ4v) is 4.25. The summed E-state index contributed by atoms with van der Waals surface area (Å²) in [5, 5.41) is 4.53. The lowest BCUT2D eigenvalue weighted by Crippen LogP contribution is -1.98. The average molecular weight is 409 g/mol. The molecule has 1 N–H and O–H groups in total. The van der Waals surface area contributed by atoms with E-state index < -0.39 is 0 Å². The van der Waals surface area contributed by atoms with Crippen molar-refractivity contribution in [2.24, 2.45) is 0 Å². The highest BCUT2D eigenvalue weighted by Crippen LogP contribution is 2.31. The molecule has 4 aromatic rings. The normalized spacial score (nSPS) is 11.0. The Balaban J connectivity index is 1.50. The highest BCUT2D eigenvalue weighted by Gasteiger charge is 2.06. The number of rotatable bonds is 4. The summed E-state index contributed by atoms with van der Waals surface area (Å²) in [5.41, 5.74) is 5.87. The van der Waals surface area contributed by atoms with E-state index in [9.17, 15) is 0 Å². The number of halogens is 1. The van der Waals surface area contributed by atoms with Gasteiger partial charge in [0.2, 0.25) is 0 Å². The fraction of sp³-hybridized carbons (Fsp3) is 0.0952. The number of thiazole rings is 1. The zero-order valence-electron chi connectivity index (χ0n) is 13.8. The van der Waals surface area contributed by atoms with Gasteiger partial charge in [-0.15, -0.1) is 11.3 Å². The molecular weight excluding hydrogens is 392 g/mol. The lowest BCUT2D eigenvalue weighted by atomic mass is 10.2. The van der Waals surface area contributed by atoms with E-state index in [-0.39, 0.29) is 0 Å². The van der Waals surface area contributed by atoms with Crippen molar-refractivity contribution in [3.05, 3.63) is 82.3 Å². The maximum atomic E-state index is 4.75. The largest absolute Gasteiger partial charge is 0.381 e. The Labute approximate surface area is 159 Å². The van der Waals surface area contributed by atoms with Crippen LogP contribution < -0.4 is 5.32 Å². The summed E-state index contributed by atoms with van der Waals surface area (Å²) in [5.74, 6) is 0. The molecule has 0 aliphatic carbocycles. The molecule has 3 aromatic carbocycles. The molecular formula is C21H17BrN2S. The number of nitrogens with one attached hydrogen (secondary N) is 1. The number of hydrogen-bond donors (Lipinski definition) is 1. The molecule has 4 heteroatoms. The Bertz CT molecular complexity index is 1020. The molecule has 0 aliphatic rings. The minimum absolute atomic E-state index is 0.805. The van der Waals surface area contributed by atoms with Crippen molar-refractivity contribution in [1.29, 1.82) is 0 Å². The van der Waals surface area contributed by atoms with E-state index in [1.54, 1.807) is 11.3 Å². The fourth-order valence-electron chi connectivity index (χ4n) is 2.74. The summed E-state index contributed by atoms with van der Waals surface area (Å²) in [7, 11) is 0. The number of aromatic nitrogens is 1. The number of nitrogens with zero attached hydrogens (tertiary/aromatic N) is 1. The molecule has 0 radical (unpaired) electrons. The molecule has 0 saturated heterocycles. The first-order valence-electron chi connectivity index (χ1n) is 8.13. The molecule has 0 amide bonds. The molecule has 25 heavy (non-hydrogen) atoms. The van der Waals surface area contributed by atoms with Crippen LogP contribution in [0.25, 0.3) is 20.8 Å². The third-order valence-corrected chi connectivity index (χ3v) is 5.62. The Kier molecular flexibility index (Phi) is 4.55. The minimum atomic E-state index is 0.805. The molecule has 0 unspecified atom stereocenters. The SMILES string of the molecule is Cc1ccc2nc(-c3ccc(NCc4cccc(Br)c4)cc3)sc2c1. The average Bonchev–Trinajstić information content (AvgIpc) is 3.03. The first kappa shape index (κ1) is 16.3. The van der Waals surface area contributed by atoms with Gasteiger partial charge in [-0.3, -0.25) is 0 Å². The third-order valence-electron chi connectivity index (χ3n) is 4.06. The molecule has 4 rings (SSSR count). The summed E-state index contributed by atoms with van der Waals surface area (Å²) in [6.45, 7) is 2.92. The predicted octanol–water partition coefficient (Wildman–Crippen LogP) is 6.65. The van der Waals surface area contributed by atoms with Gasteiger partial charge in [-0.2, -0.15) is 0 Å². The second-order valence-corrected chi connectivity index (χ2v) is 8.00. The number of hydrogen-bond acceptors (Lipinski definition) is 3. The first-order chi connectivity index (χ1) is 12.2. The van der Waals surface area contributed by atoms with Gasteiger partial charge >= 0.3 is 0 Å². The Morgan fingerprint density at radius 3 is 2.64 bits per heavy atom. The monoisotopic (exact) mass is 408 g/mol. The van der Waals surface area contributed by atoms with Gasteiger partial charge in [-0.05, 0) is 66.6 Å². The highest BCUT2D eigenvalue weighted by molar-refractivity contribution is 9.10. The summed E-state index contributed by atoms with van der Waals surface area (Å²) < 4.78 is 2.35. The lowest BCUT2D eigenvalue weighted by Gasteiger charge is -2.07. The molecule has 2 nitrogen and oxygen atoms in total. The minimum Gasteiger partial charge on any atom is -0.381 e. The van der Waals surface area contributed by atoms with Crippen molar-refractivity contribution in [2.75, 3.05) is 5.32 Å². The molecule has 124 valence electrons. The van der Waals surface area contributed by atoms with Gasteiger partial charge in [-0.1, -0.05) is 34.1 Å². The maximum absolute atomic E-state index is 4.75. The van der Waals surface area contributed by atoms with Crippen LogP contribution in [0.4, 0.5) is 5.69 Å².